The lowest BCUT2D eigenvalue weighted by molar-refractivity contribution is -0.138. The number of nitrogens with zero attached hydrogens (tertiary/aromatic N) is 3. The summed E-state index contributed by atoms with van der Waals surface area (Å²) in [5.74, 6) is -1.83. The summed E-state index contributed by atoms with van der Waals surface area (Å²) in [5, 5.41) is 0. The second kappa shape index (κ2) is 9.41. The van der Waals surface area contributed by atoms with Crippen LogP contribution in [0.25, 0.3) is 0 Å². The Bertz CT molecular complexity index is 766. The van der Waals surface area contributed by atoms with Crippen molar-refractivity contribution < 1.29 is 18.4 Å². The summed E-state index contributed by atoms with van der Waals surface area (Å²) < 4.78 is 27.0. The van der Waals surface area contributed by atoms with E-state index in [1.54, 1.807) is 4.90 Å². The van der Waals surface area contributed by atoms with E-state index in [1.807, 2.05) is 4.90 Å². The molecule has 0 aliphatic carbocycles. The second-order valence-electron chi connectivity index (χ2n) is 8.84. The molecule has 1 aromatic rings. The van der Waals surface area contributed by atoms with E-state index in [-0.39, 0.29) is 17.4 Å². The third-order valence-corrected chi connectivity index (χ3v) is 6.98. The maximum Gasteiger partial charge on any atom is 0.256 e. The van der Waals surface area contributed by atoms with Gasteiger partial charge in [-0.1, -0.05) is 6.42 Å². The highest BCUT2D eigenvalue weighted by atomic mass is 19.1. The van der Waals surface area contributed by atoms with Crippen LogP contribution in [0.3, 0.4) is 0 Å². The van der Waals surface area contributed by atoms with E-state index in [9.17, 15) is 18.4 Å². The smallest absolute Gasteiger partial charge is 0.256 e. The molecule has 30 heavy (non-hydrogen) atoms. The molecule has 3 heterocycles. The van der Waals surface area contributed by atoms with Gasteiger partial charge in [0, 0.05) is 44.2 Å². The molecule has 3 fully saturated rings. The highest BCUT2D eigenvalue weighted by Crippen LogP contribution is 2.26. The Kier molecular flexibility index (Phi) is 6.66. The molecule has 0 N–H and O–H groups in total. The molecule has 7 heteroatoms. The number of amides is 2. The van der Waals surface area contributed by atoms with E-state index in [2.05, 4.69) is 4.90 Å². The molecule has 3 aliphatic rings. The van der Waals surface area contributed by atoms with Gasteiger partial charge in [-0.25, -0.2) is 8.78 Å². The van der Waals surface area contributed by atoms with E-state index in [1.165, 1.54) is 38.4 Å². The summed E-state index contributed by atoms with van der Waals surface area (Å²) in [6, 6.07) is 3.63. The molecule has 0 atom stereocenters. The second-order valence-corrected chi connectivity index (χ2v) is 8.84. The Morgan fingerprint density at radius 2 is 1.43 bits per heavy atom. The zero-order valence-electron chi connectivity index (χ0n) is 17.5. The fraction of sp³-hybridized carbons (Fsp3) is 0.652. The summed E-state index contributed by atoms with van der Waals surface area (Å²) in [6.45, 7) is 4.88. The molecule has 0 radical (unpaired) electrons. The first-order valence-electron chi connectivity index (χ1n) is 11.3. The van der Waals surface area contributed by atoms with Crippen LogP contribution in [0.5, 0.6) is 0 Å². The average molecular weight is 420 g/mol. The summed E-state index contributed by atoms with van der Waals surface area (Å²) >= 11 is 0. The van der Waals surface area contributed by atoms with Gasteiger partial charge in [-0.05, 0) is 63.7 Å². The van der Waals surface area contributed by atoms with E-state index >= 15 is 0 Å². The fourth-order valence-electron chi connectivity index (χ4n) is 5.16. The van der Waals surface area contributed by atoms with Gasteiger partial charge in [0.2, 0.25) is 5.91 Å². The molecule has 3 saturated heterocycles. The zero-order valence-corrected chi connectivity index (χ0v) is 17.5. The largest absolute Gasteiger partial charge is 0.342 e. The number of likely N-dealkylation sites (tertiary alicyclic amines) is 3. The zero-order chi connectivity index (χ0) is 21.1. The molecule has 0 bridgehead atoms. The number of rotatable bonds is 3. The predicted molar refractivity (Wildman–Crippen MR) is 110 cm³/mol. The van der Waals surface area contributed by atoms with Crippen LogP contribution in [0, 0.1) is 17.6 Å². The normalized spacial score (nSPS) is 22.3. The van der Waals surface area contributed by atoms with Crippen molar-refractivity contribution in [2.75, 3.05) is 39.3 Å². The van der Waals surface area contributed by atoms with Crippen LogP contribution in [0.1, 0.15) is 55.3 Å². The first kappa shape index (κ1) is 21.2. The number of benzene rings is 1. The van der Waals surface area contributed by atoms with Crippen LogP contribution in [-0.2, 0) is 4.79 Å². The lowest BCUT2D eigenvalue weighted by Crippen LogP contribution is -2.50. The first-order chi connectivity index (χ1) is 14.5. The summed E-state index contributed by atoms with van der Waals surface area (Å²) in [6.07, 6.45) is 7.21. The Labute approximate surface area is 177 Å². The third-order valence-electron chi connectivity index (χ3n) is 6.98. The molecular formula is C23H31F2N3O2. The number of piperidine rings is 3. The van der Waals surface area contributed by atoms with Crippen LogP contribution in [0.15, 0.2) is 18.2 Å². The number of halogens is 2. The molecule has 2 amide bonds. The molecule has 5 nitrogen and oxygen atoms in total. The van der Waals surface area contributed by atoms with E-state index in [0.29, 0.717) is 32.0 Å². The Hall–Kier alpha value is -2.02. The van der Waals surface area contributed by atoms with Crippen molar-refractivity contribution in [2.24, 2.45) is 5.92 Å². The number of carbonyl (C=O) groups is 2. The topological polar surface area (TPSA) is 43.9 Å². The minimum Gasteiger partial charge on any atom is -0.342 e. The van der Waals surface area contributed by atoms with Gasteiger partial charge in [-0.3, -0.25) is 9.59 Å². The maximum absolute atomic E-state index is 13.9. The van der Waals surface area contributed by atoms with Crippen molar-refractivity contribution in [1.29, 1.82) is 0 Å². The van der Waals surface area contributed by atoms with Crippen molar-refractivity contribution >= 4 is 11.8 Å². The van der Waals surface area contributed by atoms with Crippen LogP contribution in [0.4, 0.5) is 8.78 Å². The van der Waals surface area contributed by atoms with E-state index < -0.39 is 17.5 Å². The van der Waals surface area contributed by atoms with Gasteiger partial charge in [0.15, 0.2) is 0 Å². The third kappa shape index (κ3) is 4.66. The van der Waals surface area contributed by atoms with Crippen molar-refractivity contribution in [2.45, 2.75) is 51.0 Å². The van der Waals surface area contributed by atoms with Gasteiger partial charge in [0.25, 0.3) is 5.91 Å². The van der Waals surface area contributed by atoms with Gasteiger partial charge in [-0.15, -0.1) is 0 Å². The summed E-state index contributed by atoms with van der Waals surface area (Å²) in [5.41, 5.74) is -0.110. The molecule has 164 valence electrons. The molecule has 1 aromatic carbocycles. The van der Waals surface area contributed by atoms with Gasteiger partial charge >= 0.3 is 0 Å². The molecule has 4 rings (SSSR count). The van der Waals surface area contributed by atoms with Crippen molar-refractivity contribution in [3.8, 4) is 0 Å². The highest BCUT2D eigenvalue weighted by molar-refractivity contribution is 5.94. The fourth-order valence-corrected chi connectivity index (χ4v) is 5.16. The summed E-state index contributed by atoms with van der Waals surface area (Å²) in [4.78, 5) is 31.7. The van der Waals surface area contributed by atoms with Crippen molar-refractivity contribution in [1.82, 2.24) is 14.7 Å². The van der Waals surface area contributed by atoms with Gasteiger partial charge in [0.1, 0.15) is 11.6 Å². The quantitative estimate of drug-likeness (QED) is 0.755. The SMILES string of the molecule is O=C(c1ccc(F)cc1F)N1CCC(C(=O)N2CCC(N3CCCCC3)CC2)CC1. The Morgan fingerprint density at radius 1 is 0.800 bits per heavy atom. The lowest BCUT2D eigenvalue weighted by atomic mass is 9.93. The Balaban J connectivity index is 1.26. The van der Waals surface area contributed by atoms with Crippen LogP contribution >= 0.6 is 0 Å². The maximum atomic E-state index is 13.9. The minimum absolute atomic E-state index is 0.0707. The number of carbonyl (C=O) groups excluding carboxylic acids is 2. The van der Waals surface area contributed by atoms with Gasteiger partial charge in [0.05, 0.1) is 5.56 Å². The first-order valence-corrected chi connectivity index (χ1v) is 11.3. The Morgan fingerprint density at radius 3 is 2.07 bits per heavy atom. The van der Waals surface area contributed by atoms with E-state index in [0.717, 1.165) is 38.1 Å². The average Bonchev–Trinajstić information content (AvgIpc) is 2.79. The van der Waals surface area contributed by atoms with Crippen LogP contribution in [-0.4, -0.2) is 71.8 Å². The standard InChI is InChI=1S/C23H31F2N3O2/c24-18-4-5-20(21(25)16-18)23(30)28-12-6-17(7-13-28)22(29)27-14-8-19(9-15-27)26-10-2-1-3-11-26/h4-5,16-17,19H,1-3,6-15H2. The molecular weight excluding hydrogens is 388 g/mol. The number of hydrogen-bond donors (Lipinski definition) is 0. The molecule has 3 aliphatic heterocycles. The van der Waals surface area contributed by atoms with Crippen molar-refractivity contribution in [3.63, 3.8) is 0 Å². The van der Waals surface area contributed by atoms with Crippen LogP contribution in [0.2, 0.25) is 0 Å². The predicted octanol–water partition coefficient (Wildman–Crippen LogP) is 3.29. The minimum atomic E-state index is -0.838. The monoisotopic (exact) mass is 419 g/mol. The molecule has 0 aromatic heterocycles. The van der Waals surface area contributed by atoms with E-state index in [4.69, 9.17) is 0 Å². The highest BCUT2D eigenvalue weighted by Gasteiger charge is 2.34. The van der Waals surface area contributed by atoms with Crippen LogP contribution < -0.4 is 0 Å². The molecule has 0 saturated carbocycles. The van der Waals surface area contributed by atoms with Gasteiger partial charge in [-0.2, -0.15) is 0 Å². The van der Waals surface area contributed by atoms with Gasteiger partial charge < -0.3 is 14.7 Å². The van der Waals surface area contributed by atoms with Crippen molar-refractivity contribution in [3.05, 3.63) is 35.4 Å². The molecule has 0 unspecified atom stereocenters. The summed E-state index contributed by atoms with van der Waals surface area (Å²) in [7, 11) is 0. The molecule has 0 spiro atoms. The number of hydrogen-bond acceptors (Lipinski definition) is 3. The lowest BCUT2D eigenvalue weighted by Gasteiger charge is -2.41.